The van der Waals surface area contributed by atoms with Gasteiger partial charge in [0, 0.05) is 10.9 Å². The number of esters is 1. The first kappa shape index (κ1) is 21.8. The number of hydrogen-bond donors (Lipinski definition) is 2. The molecule has 8 nitrogen and oxygen atoms in total. The van der Waals surface area contributed by atoms with Gasteiger partial charge in [-0.2, -0.15) is 0 Å². The number of anilines is 1. The van der Waals surface area contributed by atoms with Crippen LogP contribution in [0, 0.1) is 0 Å². The van der Waals surface area contributed by atoms with Crippen LogP contribution >= 0.6 is 0 Å². The number of carbonyl (C=O) groups excluding carboxylic acids is 3. The summed E-state index contributed by atoms with van der Waals surface area (Å²) in [6.07, 6.45) is 0. The summed E-state index contributed by atoms with van der Waals surface area (Å²) in [5.74, 6) is -1.60. The Balaban J connectivity index is 1.41. The molecule has 172 valence electrons. The topological polar surface area (TPSA) is 125 Å². The predicted molar refractivity (Wildman–Crippen MR) is 131 cm³/mol. The number of aromatic nitrogens is 1. The lowest BCUT2D eigenvalue weighted by molar-refractivity contribution is -0.119. The molecule has 4 aromatic carbocycles. The maximum absolute atomic E-state index is 13.0. The van der Waals surface area contributed by atoms with E-state index in [0.29, 0.717) is 27.9 Å². The van der Waals surface area contributed by atoms with Gasteiger partial charge in [0.25, 0.3) is 11.8 Å². The molecular formula is C27H19N3O5. The fourth-order valence-corrected chi connectivity index (χ4v) is 3.88. The van der Waals surface area contributed by atoms with Gasteiger partial charge in [-0.3, -0.25) is 9.59 Å². The van der Waals surface area contributed by atoms with Crippen molar-refractivity contribution < 1.29 is 23.5 Å². The Morgan fingerprint density at radius 2 is 1.57 bits per heavy atom. The van der Waals surface area contributed by atoms with Crippen LogP contribution in [0.4, 0.5) is 5.69 Å². The molecule has 1 heterocycles. The number of benzene rings is 4. The van der Waals surface area contributed by atoms with Gasteiger partial charge < -0.3 is 20.2 Å². The van der Waals surface area contributed by atoms with Crippen LogP contribution in [0.3, 0.4) is 0 Å². The van der Waals surface area contributed by atoms with Crippen molar-refractivity contribution in [3.05, 3.63) is 96.1 Å². The van der Waals surface area contributed by atoms with Crippen molar-refractivity contribution in [2.24, 2.45) is 5.73 Å². The molecule has 8 heteroatoms. The van der Waals surface area contributed by atoms with Gasteiger partial charge >= 0.3 is 5.97 Å². The zero-order valence-corrected chi connectivity index (χ0v) is 18.4. The Morgan fingerprint density at radius 1 is 0.857 bits per heavy atom. The third-order valence-corrected chi connectivity index (χ3v) is 5.45. The number of para-hydroxylation sites is 3. The molecule has 5 aromatic rings. The van der Waals surface area contributed by atoms with Crippen LogP contribution in [-0.2, 0) is 9.53 Å². The monoisotopic (exact) mass is 465 g/mol. The summed E-state index contributed by atoms with van der Waals surface area (Å²) in [6.45, 7) is -0.548. The van der Waals surface area contributed by atoms with E-state index in [1.165, 1.54) is 12.1 Å². The average Bonchev–Trinajstić information content (AvgIpc) is 3.31. The molecule has 0 aliphatic rings. The highest BCUT2D eigenvalue weighted by Gasteiger charge is 2.19. The highest BCUT2D eigenvalue weighted by molar-refractivity contribution is 6.11. The minimum atomic E-state index is -0.683. The maximum atomic E-state index is 13.0. The van der Waals surface area contributed by atoms with Crippen molar-refractivity contribution >= 4 is 45.3 Å². The fourth-order valence-electron chi connectivity index (χ4n) is 3.88. The van der Waals surface area contributed by atoms with E-state index >= 15 is 0 Å². The molecule has 0 unspecified atom stereocenters. The SMILES string of the molecule is NC(=O)c1ccccc1NC(=O)COC(=O)c1cccc2cccc(-c3nc4ccccc4o3)c12. The first-order chi connectivity index (χ1) is 17.0. The van der Waals surface area contributed by atoms with Gasteiger partial charge in [0.2, 0.25) is 5.89 Å². The number of carbonyl (C=O) groups is 3. The van der Waals surface area contributed by atoms with Crippen LogP contribution in [-0.4, -0.2) is 29.4 Å². The van der Waals surface area contributed by atoms with Gasteiger partial charge in [-0.05, 0) is 41.8 Å². The number of primary amides is 1. The van der Waals surface area contributed by atoms with E-state index in [2.05, 4.69) is 10.3 Å². The van der Waals surface area contributed by atoms with E-state index < -0.39 is 24.4 Å². The first-order valence-electron chi connectivity index (χ1n) is 10.7. The highest BCUT2D eigenvalue weighted by Crippen LogP contribution is 2.33. The van der Waals surface area contributed by atoms with E-state index in [-0.39, 0.29) is 16.8 Å². The molecule has 5 rings (SSSR count). The molecule has 0 saturated heterocycles. The Bertz CT molecular complexity index is 1570. The van der Waals surface area contributed by atoms with Crippen LogP contribution < -0.4 is 11.1 Å². The number of amides is 2. The summed E-state index contributed by atoms with van der Waals surface area (Å²) in [7, 11) is 0. The lowest BCUT2D eigenvalue weighted by Gasteiger charge is -2.11. The second-order valence-electron chi connectivity index (χ2n) is 7.73. The normalized spacial score (nSPS) is 10.9. The van der Waals surface area contributed by atoms with Gasteiger partial charge in [0.05, 0.1) is 16.8 Å². The molecule has 0 aliphatic heterocycles. The lowest BCUT2D eigenvalue weighted by Crippen LogP contribution is -2.23. The van der Waals surface area contributed by atoms with Gasteiger partial charge in [0.15, 0.2) is 12.2 Å². The average molecular weight is 465 g/mol. The van der Waals surface area contributed by atoms with E-state index in [0.717, 1.165) is 5.39 Å². The van der Waals surface area contributed by atoms with Gasteiger partial charge in [-0.15, -0.1) is 0 Å². The molecule has 0 radical (unpaired) electrons. The van der Waals surface area contributed by atoms with Crippen molar-refractivity contribution in [2.75, 3.05) is 11.9 Å². The molecule has 0 atom stereocenters. The maximum Gasteiger partial charge on any atom is 0.339 e. The summed E-state index contributed by atoms with van der Waals surface area (Å²) >= 11 is 0. The van der Waals surface area contributed by atoms with Crippen LogP contribution in [0.2, 0.25) is 0 Å². The largest absolute Gasteiger partial charge is 0.452 e. The molecule has 0 bridgehead atoms. The molecule has 0 aliphatic carbocycles. The number of rotatable bonds is 6. The van der Waals surface area contributed by atoms with E-state index in [9.17, 15) is 14.4 Å². The fraction of sp³-hybridized carbons (Fsp3) is 0.0370. The van der Waals surface area contributed by atoms with Crippen molar-refractivity contribution in [1.82, 2.24) is 4.98 Å². The van der Waals surface area contributed by atoms with E-state index in [4.69, 9.17) is 14.9 Å². The molecule has 2 amide bonds. The Morgan fingerprint density at radius 3 is 2.37 bits per heavy atom. The van der Waals surface area contributed by atoms with E-state index in [1.54, 1.807) is 24.3 Å². The number of oxazole rings is 1. The summed E-state index contributed by atoms with van der Waals surface area (Å²) in [6, 6.07) is 24.5. The number of nitrogens with zero attached hydrogens (tertiary/aromatic N) is 1. The molecule has 3 N–H and O–H groups in total. The Kier molecular flexibility index (Phi) is 5.68. The molecule has 0 fully saturated rings. The zero-order valence-electron chi connectivity index (χ0n) is 18.4. The summed E-state index contributed by atoms with van der Waals surface area (Å²) in [4.78, 5) is 41.5. The van der Waals surface area contributed by atoms with Crippen LogP contribution in [0.1, 0.15) is 20.7 Å². The van der Waals surface area contributed by atoms with Gasteiger partial charge in [-0.1, -0.05) is 48.5 Å². The van der Waals surface area contributed by atoms with E-state index in [1.807, 2.05) is 48.5 Å². The summed E-state index contributed by atoms with van der Waals surface area (Å²) in [5, 5.41) is 3.94. The zero-order chi connectivity index (χ0) is 24.4. The van der Waals surface area contributed by atoms with Crippen molar-refractivity contribution in [3.63, 3.8) is 0 Å². The smallest absolute Gasteiger partial charge is 0.339 e. The molecule has 35 heavy (non-hydrogen) atoms. The third kappa shape index (κ3) is 4.32. The highest BCUT2D eigenvalue weighted by atomic mass is 16.5. The minimum absolute atomic E-state index is 0.157. The minimum Gasteiger partial charge on any atom is -0.452 e. The summed E-state index contributed by atoms with van der Waals surface area (Å²) < 4.78 is 11.2. The van der Waals surface area contributed by atoms with Gasteiger partial charge in [0.1, 0.15) is 5.52 Å². The van der Waals surface area contributed by atoms with Crippen LogP contribution in [0.5, 0.6) is 0 Å². The van der Waals surface area contributed by atoms with Crippen LogP contribution in [0.15, 0.2) is 89.3 Å². The molecule has 1 aromatic heterocycles. The van der Waals surface area contributed by atoms with Crippen molar-refractivity contribution in [3.8, 4) is 11.5 Å². The number of nitrogens with two attached hydrogens (primary N) is 1. The number of hydrogen-bond acceptors (Lipinski definition) is 6. The number of ether oxygens (including phenoxy) is 1. The van der Waals surface area contributed by atoms with Crippen molar-refractivity contribution in [1.29, 1.82) is 0 Å². The van der Waals surface area contributed by atoms with Gasteiger partial charge in [-0.25, -0.2) is 9.78 Å². The third-order valence-electron chi connectivity index (χ3n) is 5.45. The number of nitrogens with one attached hydrogen (secondary N) is 1. The Hall–Kier alpha value is -4.98. The molecule has 0 saturated carbocycles. The predicted octanol–water partition coefficient (Wildman–Crippen LogP) is 4.54. The first-order valence-corrected chi connectivity index (χ1v) is 10.7. The summed E-state index contributed by atoms with van der Waals surface area (Å²) in [5.41, 5.74) is 7.97. The molecular weight excluding hydrogens is 446 g/mol. The van der Waals surface area contributed by atoms with Crippen LogP contribution in [0.25, 0.3) is 33.3 Å². The lowest BCUT2D eigenvalue weighted by atomic mass is 9.99. The standard InChI is InChI=1S/C27H19N3O5/c28-25(32)17-9-1-2-12-20(17)29-23(31)15-34-27(33)19-11-6-8-16-7-5-10-18(24(16)19)26-30-21-13-3-4-14-22(21)35-26/h1-14H,15H2,(H2,28,32)(H,29,31). The second kappa shape index (κ2) is 9.11. The molecule has 0 spiro atoms. The Labute approximate surface area is 199 Å². The quantitative estimate of drug-likeness (QED) is 0.355. The second-order valence-corrected chi connectivity index (χ2v) is 7.73. The number of fused-ring (bicyclic) bond motifs is 2. The van der Waals surface area contributed by atoms with Crippen molar-refractivity contribution in [2.45, 2.75) is 0 Å².